The first kappa shape index (κ1) is 20.8. The molecular weight excluding hydrogens is 414 g/mol. The summed E-state index contributed by atoms with van der Waals surface area (Å²) in [6.07, 6.45) is 7.53. The van der Waals surface area contributed by atoms with Crippen molar-refractivity contribution < 1.29 is 9.90 Å². The Morgan fingerprint density at radius 2 is 1.97 bits per heavy atom. The molecule has 2 aromatic heterocycles. The van der Waals surface area contributed by atoms with E-state index in [1.165, 1.54) is 18.4 Å². The molecule has 1 atom stereocenters. The fourth-order valence-corrected chi connectivity index (χ4v) is 5.31. The maximum atomic E-state index is 13.3. The van der Waals surface area contributed by atoms with Gasteiger partial charge < -0.3 is 15.3 Å². The highest BCUT2D eigenvalue weighted by molar-refractivity contribution is 5.97. The average molecular weight is 446 g/mol. The largest absolute Gasteiger partial charge is 0.391 e. The lowest BCUT2D eigenvalue weighted by Gasteiger charge is -2.22. The third-order valence-corrected chi connectivity index (χ3v) is 7.34. The molecule has 7 nitrogen and oxygen atoms in total. The minimum atomic E-state index is -0.315. The summed E-state index contributed by atoms with van der Waals surface area (Å²) in [4.78, 5) is 20.0. The summed E-state index contributed by atoms with van der Waals surface area (Å²) in [5, 5.41) is 19.3. The molecule has 4 heterocycles. The van der Waals surface area contributed by atoms with Crippen LogP contribution in [0.1, 0.15) is 65.7 Å². The lowest BCUT2D eigenvalue weighted by Crippen LogP contribution is -2.29. The Bertz CT molecular complexity index is 1180. The van der Waals surface area contributed by atoms with E-state index in [4.69, 9.17) is 5.10 Å². The molecule has 3 fully saturated rings. The second kappa shape index (κ2) is 8.54. The van der Waals surface area contributed by atoms with Crippen molar-refractivity contribution in [3.8, 4) is 0 Å². The monoisotopic (exact) mass is 445 g/mol. The van der Waals surface area contributed by atoms with Gasteiger partial charge in [-0.1, -0.05) is 6.07 Å². The molecule has 0 bridgehead atoms. The number of aliphatic hydroxyl groups is 1. The van der Waals surface area contributed by atoms with Crippen LogP contribution < -0.4 is 10.2 Å². The van der Waals surface area contributed by atoms with Crippen LogP contribution in [0.3, 0.4) is 0 Å². The second-order valence-electron chi connectivity index (χ2n) is 9.84. The van der Waals surface area contributed by atoms with Crippen LogP contribution in [0.5, 0.6) is 0 Å². The number of hydrogen-bond acceptors (Lipinski definition) is 6. The summed E-state index contributed by atoms with van der Waals surface area (Å²) < 4.78 is 2.14. The van der Waals surface area contributed by atoms with Crippen molar-refractivity contribution in [1.29, 1.82) is 0 Å². The number of carbonyl (C=O) groups is 1. The first-order valence-electron chi connectivity index (χ1n) is 12.3. The number of β-amino-alcohol motifs (C(OH)–C–C–N with tert-alkyl or cyclic N) is 1. The summed E-state index contributed by atoms with van der Waals surface area (Å²) >= 11 is 0. The summed E-state index contributed by atoms with van der Waals surface area (Å²) in [7, 11) is 0. The SMILES string of the molecule is O=C(Cc1cc2cn(C3CCNCC3)nc2cc1C1CC1)c1cccc(N2CCC(O)C2)n1. The van der Waals surface area contributed by atoms with Gasteiger partial charge in [0.15, 0.2) is 5.78 Å². The fourth-order valence-electron chi connectivity index (χ4n) is 5.31. The summed E-state index contributed by atoms with van der Waals surface area (Å²) in [5.41, 5.74) is 3.94. The molecule has 3 aliphatic rings. The van der Waals surface area contributed by atoms with Crippen LogP contribution in [-0.2, 0) is 6.42 Å². The first-order valence-corrected chi connectivity index (χ1v) is 12.3. The number of benzene rings is 1. The van der Waals surface area contributed by atoms with Crippen LogP contribution in [0.2, 0.25) is 0 Å². The zero-order valence-corrected chi connectivity index (χ0v) is 18.9. The number of aromatic nitrogens is 3. The molecule has 0 spiro atoms. The molecule has 2 N–H and O–H groups in total. The zero-order chi connectivity index (χ0) is 22.4. The Labute approximate surface area is 193 Å². The second-order valence-corrected chi connectivity index (χ2v) is 9.84. The molecule has 2 saturated heterocycles. The predicted octanol–water partition coefficient (Wildman–Crippen LogP) is 3.23. The molecule has 1 saturated carbocycles. The van der Waals surface area contributed by atoms with Crippen LogP contribution >= 0.6 is 0 Å². The van der Waals surface area contributed by atoms with Crippen LogP contribution in [-0.4, -0.2) is 57.9 Å². The smallest absolute Gasteiger partial charge is 0.185 e. The van der Waals surface area contributed by atoms with E-state index in [9.17, 15) is 9.90 Å². The normalized spacial score (nSPS) is 21.7. The molecule has 0 amide bonds. The number of anilines is 1. The predicted molar refractivity (Wildman–Crippen MR) is 128 cm³/mol. The topological polar surface area (TPSA) is 83.3 Å². The molecule has 0 radical (unpaired) electrons. The van der Waals surface area contributed by atoms with Crippen molar-refractivity contribution >= 4 is 22.5 Å². The van der Waals surface area contributed by atoms with Crippen LogP contribution in [0.4, 0.5) is 5.82 Å². The number of aliphatic hydroxyl groups excluding tert-OH is 1. The Hall–Kier alpha value is -2.77. The zero-order valence-electron chi connectivity index (χ0n) is 18.9. The summed E-state index contributed by atoms with van der Waals surface area (Å²) in [6.45, 7) is 3.43. The van der Waals surface area contributed by atoms with Crippen LogP contribution in [0, 0.1) is 0 Å². The molecule has 1 unspecified atom stereocenters. The van der Waals surface area contributed by atoms with Crippen molar-refractivity contribution in [2.75, 3.05) is 31.1 Å². The van der Waals surface area contributed by atoms with E-state index in [0.717, 1.165) is 61.2 Å². The standard InChI is InChI=1S/C26H31N5O2/c32-21-8-11-30(16-21)26-3-1-2-23(28-26)25(33)13-18-12-19-15-31(20-6-9-27-10-7-20)29-24(19)14-22(18)17-4-5-17/h1-3,12,14-15,17,20-21,27,32H,4-11,13,16H2. The number of nitrogens with one attached hydrogen (secondary N) is 1. The number of hydrogen-bond donors (Lipinski definition) is 2. The highest BCUT2D eigenvalue weighted by atomic mass is 16.3. The number of nitrogens with zero attached hydrogens (tertiary/aromatic N) is 4. The van der Waals surface area contributed by atoms with Crippen LogP contribution in [0.15, 0.2) is 36.5 Å². The van der Waals surface area contributed by atoms with Gasteiger partial charge >= 0.3 is 0 Å². The maximum absolute atomic E-state index is 13.3. The number of piperidine rings is 1. The fraction of sp³-hybridized carbons (Fsp3) is 0.500. The van der Waals surface area contributed by atoms with Crippen molar-refractivity contribution in [2.45, 2.75) is 56.6 Å². The molecule has 6 rings (SSSR count). The molecule has 3 aromatic rings. The van der Waals surface area contributed by atoms with E-state index in [1.807, 2.05) is 18.2 Å². The number of rotatable bonds is 6. The molecule has 1 aliphatic carbocycles. The van der Waals surface area contributed by atoms with E-state index in [0.29, 0.717) is 30.6 Å². The van der Waals surface area contributed by atoms with Gasteiger partial charge in [0.2, 0.25) is 0 Å². The highest BCUT2D eigenvalue weighted by Crippen LogP contribution is 2.43. The molecule has 1 aromatic carbocycles. The molecule has 2 aliphatic heterocycles. The van der Waals surface area contributed by atoms with Gasteiger partial charge in [-0.05, 0) is 86.5 Å². The van der Waals surface area contributed by atoms with E-state index in [1.54, 1.807) is 0 Å². The van der Waals surface area contributed by atoms with Gasteiger partial charge in [0.1, 0.15) is 11.5 Å². The van der Waals surface area contributed by atoms with Crippen molar-refractivity contribution in [2.24, 2.45) is 0 Å². The summed E-state index contributed by atoms with van der Waals surface area (Å²) in [5.74, 6) is 1.37. The Morgan fingerprint density at radius 3 is 2.73 bits per heavy atom. The van der Waals surface area contributed by atoms with E-state index in [-0.39, 0.29) is 11.9 Å². The van der Waals surface area contributed by atoms with E-state index >= 15 is 0 Å². The number of ketones is 1. The highest BCUT2D eigenvalue weighted by Gasteiger charge is 2.28. The van der Waals surface area contributed by atoms with Crippen LogP contribution in [0.25, 0.3) is 10.9 Å². The number of pyridine rings is 1. The number of Topliss-reactive ketones (excluding diaryl/α,β-unsaturated/α-hetero) is 1. The minimum absolute atomic E-state index is 0.0450. The lowest BCUT2D eigenvalue weighted by atomic mass is 9.96. The van der Waals surface area contributed by atoms with Gasteiger partial charge in [-0.2, -0.15) is 5.10 Å². The lowest BCUT2D eigenvalue weighted by molar-refractivity contribution is 0.0988. The van der Waals surface area contributed by atoms with Gasteiger partial charge in [0, 0.05) is 31.1 Å². The van der Waals surface area contributed by atoms with Gasteiger partial charge in [0.05, 0.1) is 17.7 Å². The van der Waals surface area contributed by atoms with Crippen molar-refractivity contribution in [3.05, 3.63) is 53.3 Å². The van der Waals surface area contributed by atoms with Gasteiger partial charge in [-0.3, -0.25) is 9.48 Å². The van der Waals surface area contributed by atoms with Gasteiger partial charge in [-0.15, -0.1) is 0 Å². The quantitative estimate of drug-likeness (QED) is 0.567. The van der Waals surface area contributed by atoms with E-state index in [2.05, 4.69) is 38.2 Å². The molecule has 33 heavy (non-hydrogen) atoms. The molecular formula is C26H31N5O2. The molecule has 172 valence electrons. The third kappa shape index (κ3) is 4.27. The number of fused-ring (bicyclic) bond motifs is 1. The van der Waals surface area contributed by atoms with Crippen molar-refractivity contribution in [3.63, 3.8) is 0 Å². The minimum Gasteiger partial charge on any atom is -0.391 e. The molecule has 7 heteroatoms. The first-order chi connectivity index (χ1) is 16.1. The summed E-state index contributed by atoms with van der Waals surface area (Å²) in [6, 6.07) is 10.5. The number of carbonyl (C=O) groups excluding carboxylic acids is 1. The van der Waals surface area contributed by atoms with E-state index < -0.39 is 0 Å². The Balaban J connectivity index is 1.27. The van der Waals surface area contributed by atoms with Gasteiger partial charge in [-0.25, -0.2) is 4.98 Å². The average Bonchev–Trinajstić information content (AvgIpc) is 3.46. The maximum Gasteiger partial charge on any atom is 0.185 e. The van der Waals surface area contributed by atoms with Crippen molar-refractivity contribution in [1.82, 2.24) is 20.1 Å². The van der Waals surface area contributed by atoms with Gasteiger partial charge in [0.25, 0.3) is 0 Å². The Kier molecular flexibility index (Phi) is 5.38. The Morgan fingerprint density at radius 1 is 1.12 bits per heavy atom. The third-order valence-electron chi connectivity index (χ3n) is 7.34.